The Morgan fingerprint density at radius 1 is 1.39 bits per heavy atom. The van der Waals surface area contributed by atoms with Gasteiger partial charge < -0.3 is 15.0 Å². The van der Waals surface area contributed by atoms with Gasteiger partial charge in [-0.15, -0.1) is 0 Å². The maximum atomic E-state index is 13.0. The quantitative estimate of drug-likeness (QED) is 0.905. The lowest BCUT2D eigenvalue weighted by Crippen LogP contribution is -2.48. The maximum absolute atomic E-state index is 13.0. The van der Waals surface area contributed by atoms with Crippen molar-refractivity contribution in [2.45, 2.75) is 31.5 Å². The van der Waals surface area contributed by atoms with Gasteiger partial charge in [-0.2, -0.15) is 4.98 Å². The fourth-order valence-electron chi connectivity index (χ4n) is 2.94. The molecule has 2 unspecified atom stereocenters. The minimum Gasteiger partial charge on any atom is -0.381 e. The molecule has 23 heavy (non-hydrogen) atoms. The van der Waals surface area contributed by atoms with Gasteiger partial charge in [-0.05, 0) is 37.1 Å². The zero-order valence-electron chi connectivity index (χ0n) is 13.1. The van der Waals surface area contributed by atoms with Crippen LogP contribution in [0.3, 0.4) is 0 Å². The van der Waals surface area contributed by atoms with E-state index in [-0.39, 0.29) is 18.0 Å². The molecule has 0 amide bonds. The predicted octanol–water partition coefficient (Wildman–Crippen LogP) is 1.81. The highest BCUT2D eigenvalue weighted by Crippen LogP contribution is 2.22. The Balaban J connectivity index is 1.67. The van der Waals surface area contributed by atoms with E-state index in [4.69, 9.17) is 15.0 Å². The standard InChI is InChI=1S/C16H21FN4O2/c1-22-14-6-7-21(13(8-14)9-18)10-15-19-16(20-23-15)11-2-4-12(17)5-3-11/h2-5,13-14H,6-10,18H2,1H3. The van der Waals surface area contributed by atoms with Gasteiger partial charge >= 0.3 is 0 Å². The number of hydrogen-bond donors (Lipinski definition) is 1. The minimum absolute atomic E-state index is 0.245. The van der Waals surface area contributed by atoms with Gasteiger partial charge in [0.1, 0.15) is 5.82 Å². The van der Waals surface area contributed by atoms with Crippen molar-refractivity contribution < 1.29 is 13.7 Å². The number of nitrogens with zero attached hydrogens (tertiary/aromatic N) is 3. The summed E-state index contributed by atoms with van der Waals surface area (Å²) in [5.41, 5.74) is 6.61. The van der Waals surface area contributed by atoms with Crippen LogP contribution in [0.25, 0.3) is 11.4 Å². The number of benzene rings is 1. The van der Waals surface area contributed by atoms with Crippen LogP contribution in [0.15, 0.2) is 28.8 Å². The SMILES string of the molecule is COC1CCN(Cc2nc(-c3ccc(F)cc3)no2)C(CN)C1. The summed E-state index contributed by atoms with van der Waals surface area (Å²) >= 11 is 0. The van der Waals surface area contributed by atoms with Gasteiger partial charge in [-0.25, -0.2) is 4.39 Å². The summed E-state index contributed by atoms with van der Waals surface area (Å²) in [6, 6.07) is 6.28. The summed E-state index contributed by atoms with van der Waals surface area (Å²) < 4.78 is 23.7. The fourth-order valence-corrected chi connectivity index (χ4v) is 2.94. The van der Waals surface area contributed by atoms with Crippen LogP contribution in [-0.4, -0.2) is 47.4 Å². The summed E-state index contributed by atoms with van der Waals surface area (Å²) in [7, 11) is 1.74. The number of methoxy groups -OCH3 is 1. The van der Waals surface area contributed by atoms with Crippen LogP contribution in [0.2, 0.25) is 0 Å². The molecule has 1 aliphatic heterocycles. The Kier molecular flexibility index (Phi) is 5.00. The fraction of sp³-hybridized carbons (Fsp3) is 0.500. The zero-order valence-corrected chi connectivity index (χ0v) is 13.1. The van der Waals surface area contributed by atoms with Crippen molar-refractivity contribution in [1.29, 1.82) is 0 Å². The molecule has 2 N–H and O–H groups in total. The second kappa shape index (κ2) is 7.16. The van der Waals surface area contributed by atoms with Crippen LogP contribution < -0.4 is 5.73 Å². The largest absolute Gasteiger partial charge is 0.381 e. The first kappa shape index (κ1) is 16.0. The van der Waals surface area contributed by atoms with E-state index in [1.165, 1.54) is 12.1 Å². The molecular weight excluding hydrogens is 299 g/mol. The van der Waals surface area contributed by atoms with Gasteiger partial charge in [-0.1, -0.05) is 5.16 Å². The van der Waals surface area contributed by atoms with Crippen LogP contribution in [0, 0.1) is 5.82 Å². The van der Waals surface area contributed by atoms with Gasteiger partial charge in [0.15, 0.2) is 0 Å². The smallest absolute Gasteiger partial charge is 0.241 e. The Labute approximate surface area is 134 Å². The number of rotatable bonds is 5. The third-order valence-electron chi connectivity index (χ3n) is 4.30. The first-order valence-corrected chi connectivity index (χ1v) is 7.75. The third kappa shape index (κ3) is 3.74. The first-order chi connectivity index (χ1) is 11.2. The molecule has 1 aliphatic rings. The molecule has 0 radical (unpaired) electrons. The van der Waals surface area contributed by atoms with Crippen molar-refractivity contribution in [3.8, 4) is 11.4 Å². The van der Waals surface area contributed by atoms with Crippen LogP contribution >= 0.6 is 0 Å². The highest BCUT2D eigenvalue weighted by atomic mass is 19.1. The highest BCUT2D eigenvalue weighted by Gasteiger charge is 2.28. The van der Waals surface area contributed by atoms with Crippen molar-refractivity contribution in [3.05, 3.63) is 36.0 Å². The number of ether oxygens (including phenoxy) is 1. The third-order valence-corrected chi connectivity index (χ3v) is 4.30. The second-order valence-corrected chi connectivity index (χ2v) is 5.76. The van der Waals surface area contributed by atoms with Crippen LogP contribution in [0.1, 0.15) is 18.7 Å². The summed E-state index contributed by atoms with van der Waals surface area (Å²) in [5, 5.41) is 3.97. The number of aromatic nitrogens is 2. The lowest BCUT2D eigenvalue weighted by molar-refractivity contribution is 0.00676. The van der Waals surface area contributed by atoms with E-state index >= 15 is 0 Å². The number of likely N-dealkylation sites (tertiary alicyclic amines) is 1. The highest BCUT2D eigenvalue weighted by molar-refractivity contribution is 5.53. The van der Waals surface area contributed by atoms with E-state index in [1.807, 2.05) is 0 Å². The molecule has 2 heterocycles. The number of hydrogen-bond acceptors (Lipinski definition) is 6. The number of nitrogens with two attached hydrogens (primary N) is 1. The number of piperidine rings is 1. The molecule has 2 atom stereocenters. The van der Waals surface area contributed by atoms with Crippen LogP contribution in [0.4, 0.5) is 4.39 Å². The molecule has 0 bridgehead atoms. The minimum atomic E-state index is -0.288. The lowest BCUT2D eigenvalue weighted by Gasteiger charge is -2.37. The maximum Gasteiger partial charge on any atom is 0.241 e. The van der Waals surface area contributed by atoms with Gasteiger partial charge in [0.05, 0.1) is 12.6 Å². The Morgan fingerprint density at radius 2 is 2.17 bits per heavy atom. The second-order valence-electron chi connectivity index (χ2n) is 5.76. The van der Waals surface area contributed by atoms with Crippen LogP contribution in [0.5, 0.6) is 0 Å². The number of halogens is 1. The van der Waals surface area contributed by atoms with E-state index in [0.717, 1.165) is 24.9 Å². The van der Waals surface area contributed by atoms with Gasteiger partial charge in [-0.3, -0.25) is 4.90 Å². The monoisotopic (exact) mass is 320 g/mol. The molecule has 0 saturated carbocycles. The summed E-state index contributed by atoms with van der Waals surface area (Å²) in [6.45, 7) is 2.01. The average Bonchev–Trinajstić information content (AvgIpc) is 3.04. The molecule has 124 valence electrons. The van der Waals surface area contributed by atoms with Gasteiger partial charge in [0.25, 0.3) is 0 Å². The van der Waals surface area contributed by atoms with Crippen LogP contribution in [-0.2, 0) is 11.3 Å². The van der Waals surface area contributed by atoms with Crippen molar-refractivity contribution in [3.63, 3.8) is 0 Å². The molecule has 6 nitrogen and oxygen atoms in total. The molecule has 2 aromatic rings. The lowest BCUT2D eigenvalue weighted by atomic mass is 9.99. The van der Waals surface area contributed by atoms with Gasteiger partial charge in [0, 0.05) is 31.8 Å². The van der Waals surface area contributed by atoms with E-state index in [1.54, 1.807) is 19.2 Å². The summed E-state index contributed by atoms with van der Waals surface area (Å²) in [6.07, 6.45) is 2.13. The van der Waals surface area contributed by atoms with Crippen molar-refractivity contribution in [2.75, 3.05) is 20.2 Å². The molecule has 0 spiro atoms. The molecule has 7 heteroatoms. The van der Waals surface area contributed by atoms with E-state index in [9.17, 15) is 4.39 Å². The van der Waals surface area contributed by atoms with E-state index < -0.39 is 0 Å². The Morgan fingerprint density at radius 3 is 2.87 bits per heavy atom. The molecule has 1 aromatic carbocycles. The average molecular weight is 320 g/mol. The van der Waals surface area contributed by atoms with Gasteiger partial charge in [0.2, 0.25) is 11.7 Å². The predicted molar refractivity (Wildman–Crippen MR) is 83.0 cm³/mol. The normalized spacial score (nSPS) is 22.4. The summed E-state index contributed by atoms with van der Waals surface area (Å²) in [4.78, 5) is 6.65. The topological polar surface area (TPSA) is 77.4 Å². The first-order valence-electron chi connectivity index (χ1n) is 7.75. The van der Waals surface area contributed by atoms with Crippen molar-refractivity contribution in [1.82, 2.24) is 15.0 Å². The van der Waals surface area contributed by atoms with E-state index in [0.29, 0.717) is 24.8 Å². The zero-order chi connectivity index (χ0) is 16.2. The summed E-state index contributed by atoms with van der Waals surface area (Å²) in [5.74, 6) is 0.721. The molecule has 3 rings (SSSR count). The Hall–Kier alpha value is -1.83. The molecule has 1 saturated heterocycles. The molecule has 1 aromatic heterocycles. The Bertz CT molecular complexity index is 631. The van der Waals surface area contributed by atoms with Crippen molar-refractivity contribution in [2.24, 2.45) is 5.73 Å². The molecular formula is C16H21FN4O2. The van der Waals surface area contributed by atoms with E-state index in [2.05, 4.69) is 15.0 Å². The molecule has 1 fully saturated rings. The van der Waals surface area contributed by atoms with Crippen molar-refractivity contribution >= 4 is 0 Å². The molecule has 0 aliphatic carbocycles.